The molecule has 17 heavy (non-hydrogen) atoms. The number of carbonyl (C=O) groups excluding carboxylic acids is 1. The standard InChI is InChI=1S/C13H25NO3/c1-6-9(4)10(5)12(15)14-11(13(16)17)7-8(2)3/h8-11H,6-7H2,1-5H3,(H,14,15)(H,16,17)/t9?,10?,11-/m1/s1. The van der Waals surface area contributed by atoms with Gasteiger partial charge in [-0.25, -0.2) is 4.79 Å². The highest BCUT2D eigenvalue weighted by molar-refractivity contribution is 5.84. The molecule has 0 fully saturated rings. The van der Waals surface area contributed by atoms with Gasteiger partial charge in [-0.2, -0.15) is 0 Å². The molecule has 0 heterocycles. The highest BCUT2D eigenvalue weighted by atomic mass is 16.4. The maximum Gasteiger partial charge on any atom is 0.326 e. The largest absolute Gasteiger partial charge is 0.480 e. The van der Waals surface area contributed by atoms with Gasteiger partial charge in [0.15, 0.2) is 0 Å². The molecule has 0 aromatic heterocycles. The fourth-order valence-electron chi connectivity index (χ4n) is 1.61. The zero-order valence-electron chi connectivity index (χ0n) is 11.5. The lowest BCUT2D eigenvalue weighted by molar-refractivity contribution is -0.143. The quantitative estimate of drug-likeness (QED) is 0.721. The van der Waals surface area contributed by atoms with Gasteiger partial charge >= 0.3 is 5.97 Å². The van der Waals surface area contributed by atoms with Crippen LogP contribution in [0.15, 0.2) is 0 Å². The summed E-state index contributed by atoms with van der Waals surface area (Å²) in [5, 5.41) is 11.7. The van der Waals surface area contributed by atoms with E-state index in [1.165, 1.54) is 0 Å². The molecule has 0 spiro atoms. The molecule has 4 nitrogen and oxygen atoms in total. The van der Waals surface area contributed by atoms with Gasteiger partial charge in [0.1, 0.15) is 6.04 Å². The summed E-state index contributed by atoms with van der Waals surface area (Å²) in [6.45, 7) is 9.76. The summed E-state index contributed by atoms with van der Waals surface area (Å²) in [7, 11) is 0. The number of nitrogens with one attached hydrogen (secondary N) is 1. The minimum Gasteiger partial charge on any atom is -0.480 e. The minimum absolute atomic E-state index is 0.144. The van der Waals surface area contributed by atoms with Crippen LogP contribution in [0.25, 0.3) is 0 Å². The van der Waals surface area contributed by atoms with Gasteiger partial charge in [0.25, 0.3) is 0 Å². The molecule has 0 aromatic rings. The lowest BCUT2D eigenvalue weighted by Gasteiger charge is -2.22. The number of aliphatic carboxylic acids is 1. The van der Waals surface area contributed by atoms with Crippen LogP contribution in [0.1, 0.15) is 47.5 Å². The van der Waals surface area contributed by atoms with E-state index in [0.29, 0.717) is 6.42 Å². The van der Waals surface area contributed by atoms with Crippen molar-refractivity contribution >= 4 is 11.9 Å². The molecule has 3 atom stereocenters. The van der Waals surface area contributed by atoms with Gasteiger partial charge < -0.3 is 10.4 Å². The highest BCUT2D eigenvalue weighted by Crippen LogP contribution is 2.15. The van der Waals surface area contributed by atoms with Crippen molar-refractivity contribution in [2.75, 3.05) is 0 Å². The van der Waals surface area contributed by atoms with Gasteiger partial charge in [-0.15, -0.1) is 0 Å². The van der Waals surface area contributed by atoms with Crippen molar-refractivity contribution in [3.8, 4) is 0 Å². The van der Waals surface area contributed by atoms with Crippen LogP contribution in [0.4, 0.5) is 0 Å². The third-order valence-electron chi connectivity index (χ3n) is 3.23. The van der Waals surface area contributed by atoms with E-state index in [-0.39, 0.29) is 23.7 Å². The average Bonchev–Trinajstić information content (AvgIpc) is 2.25. The number of hydrogen-bond donors (Lipinski definition) is 2. The van der Waals surface area contributed by atoms with E-state index in [9.17, 15) is 9.59 Å². The SMILES string of the molecule is CCC(C)C(C)C(=O)N[C@H](CC(C)C)C(=O)O. The molecule has 2 unspecified atom stereocenters. The fraction of sp³-hybridized carbons (Fsp3) is 0.846. The van der Waals surface area contributed by atoms with E-state index in [1.54, 1.807) is 0 Å². The topological polar surface area (TPSA) is 66.4 Å². The van der Waals surface area contributed by atoms with E-state index >= 15 is 0 Å². The van der Waals surface area contributed by atoms with E-state index in [0.717, 1.165) is 6.42 Å². The highest BCUT2D eigenvalue weighted by Gasteiger charge is 2.25. The van der Waals surface area contributed by atoms with Crippen molar-refractivity contribution in [2.45, 2.75) is 53.5 Å². The lowest BCUT2D eigenvalue weighted by Crippen LogP contribution is -2.44. The monoisotopic (exact) mass is 243 g/mol. The van der Waals surface area contributed by atoms with E-state index in [1.807, 2.05) is 34.6 Å². The normalized spacial score (nSPS) is 16.4. The molecular weight excluding hydrogens is 218 g/mol. The van der Waals surface area contributed by atoms with Gasteiger partial charge in [0.2, 0.25) is 5.91 Å². The van der Waals surface area contributed by atoms with Gasteiger partial charge in [-0.1, -0.05) is 41.0 Å². The first-order chi connectivity index (χ1) is 7.79. The Morgan fingerprint density at radius 2 is 1.71 bits per heavy atom. The molecule has 0 aliphatic heterocycles. The third kappa shape index (κ3) is 5.71. The second-order valence-electron chi connectivity index (χ2n) is 5.20. The zero-order chi connectivity index (χ0) is 13.6. The summed E-state index contributed by atoms with van der Waals surface area (Å²) < 4.78 is 0. The Balaban J connectivity index is 4.45. The Morgan fingerprint density at radius 3 is 2.06 bits per heavy atom. The Bertz CT molecular complexity index is 263. The predicted molar refractivity (Wildman–Crippen MR) is 67.6 cm³/mol. The molecule has 0 bridgehead atoms. The van der Waals surface area contributed by atoms with E-state index < -0.39 is 12.0 Å². The molecular formula is C13H25NO3. The van der Waals surface area contributed by atoms with Gasteiger partial charge in [-0.3, -0.25) is 4.79 Å². The first-order valence-corrected chi connectivity index (χ1v) is 6.32. The average molecular weight is 243 g/mol. The second kappa shape index (κ2) is 7.30. The van der Waals surface area contributed by atoms with Crippen LogP contribution in [0.5, 0.6) is 0 Å². The maximum atomic E-state index is 11.9. The lowest BCUT2D eigenvalue weighted by atomic mass is 9.92. The number of carboxylic acid groups (broad SMARTS) is 1. The van der Waals surface area contributed by atoms with E-state index in [2.05, 4.69) is 5.32 Å². The van der Waals surface area contributed by atoms with Gasteiger partial charge in [0, 0.05) is 5.92 Å². The summed E-state index contributed by atoms with van der Waals surface area (Å²) in [6.07, 6.45) is 1.38. The first-order valence-electron chi connectivity index (χ1n) is 6.32. The summed E-state index contributed by atoms with van der Waals surface area (Å²) in [6, 6.07) is -0.769. The Morgan fingerprint density at radius 1 is 1.18 bits per heavy atom. The Hall–Kier alpha value is -1.06. The van der Waals surface area contributed by atoms with Crippen LogP contribution in [0.2, 0.25) is 0 Å². The Labute approximate surface area is 104 Å². The van der Waals surface area contributed by atoms with Gasteiger partial charge in [0.05, 0.1) is 0 Å². The van der Waals surface area contributed by atoms with Crippen molar-refractivity contribution in [2.24, 2.45) is 17.8 Å². The van der Waals surface area contributed by atoms with E-state index in [4.69, 9.17) is 5.11 Å². The molecule has 0 rings (SSSR count). The van der Waals surface area contributed by atoms with Crippen LogP contribution >= 0.6 is 0 Å². The Kier molecular flexibility index (Phi) is 6.85. The van der Waals surface area contributed by atoms with Crippen LogP contribution in [0, 0.1) is 17.8 Å². The molecule has 0 saturated carbocycles. The van der Waals surface area contributed by atoms with Crippen LogP contribution in [-0.4, -0.2) is 23.0 Å². The van der Waals surface area contributed by atoms with Crippen molar-refractivity contribution in [3.05, 3.63) is 0 Å². The summed E-state index contributed by atoms with van der Waals surface area (Å²) in [4.78, 5) is 22.9. The molecule has 0 saturated heterocycles. The summed E-state index contributed by atoms with van der Waals surface area (Å²) in [5.74, 6) is -0.747. The van der Waals surface area contributed by atoms with Crippen molar-refractivity contribution in [1.82, 2.24) is 5.32 Å². The maximum absolute atomic E-state index is 11.9. The molecule has 0 radical (unpaired) electrons. The molecule has 0 aromatic carbocycles. The molecule has 4 heteroatoms. The number of rotatable bonds is 7. The molecule has 0 aliphatic rings. The second-order valence-corrected chi connectivity index (χ2v) is 5.20. The number of amides is 1. The van der Waals surface area contributed by atoms with Gasteiger partial charge in [-0.05, 0) is 18.3 Å². The predicted octanol–water partition coefficient (Wildman–Crippen LogP) is 2.28. The molecule has 0 aliphatic carbocycles. The molecule has 100 valence electrons. The first kappa shape index (κ1) is 15.9. The number of carboxylic acids is 1. The zero-order valence-corrected chi connectivity index (χ0v) is 11.5. The van der Waals surface area contributed by atoms with Crippen LogP contribution < -0.4 is 5.32 Å². The molecule has 2 N–H and O–H groups in total. The van der Waals surface area contributed by atoms with Crippen molar-refractivity contribution in [3.63, 3.8) is 0 Å². The molecule has 1 amide bonds. The van der Waals surface area contributed by atoms with Crippen molar-refractivity contribution in [1.29, 1.82) is 0 Å². The number of carbonyl (C=O) groups is 2. The third-order valence-corrected chi connectivity index (χ3v) is 3.23. The van der Waals surface area contributed by atoms with Crippen LogP contribution in [0.3, 0.4) is 0 Å². The van der Waals surface area contributed by atoms with Crippen molar-refractivity contribution < 1.29 is 14.7 Å². The smallest absolute Gasteiger partial charge is 0.326 e. The van der Waals surface area contributed by atoms with Crippen LogP contribution in [-0.2, 0) is 9.59 Å². The minimum atomic E-state index is -0.955. The summed E-state index contributed by atoms with van der Waals surface area (Å²) in [5.41, 5.74) is 0. The fourth-order valence-corrected chi connectivity index (χ4v) is 1.61. The number of hydrogen-bond acceptors (Lipinski definition) is 2. The summed E-state index contributed by atoms with van der Waals surface area (Å²) >= 11 is 0.